The molecule has 4 aromatic rings. The van der Waals surface area contributed by atoms with Gasteiger partial charge in [-0.1, -0.05) is 24.3 Å². The number of alkyl halides is 3. The Morgan fingerprint density at radius 2 is 1.69 bits per heavy atom. The van der Waals surface area contributed by atoms with E-state index >= 15 is 0 Å². The van der Waals surface area contributed by atoms with Crippen molar-refractivity contribution < 1.29 is 22.8 Å². The van der Waals surface area contributed by atoms with Crippen molar-refractivity contribution in [3.8, 4) is 5.69 Å². The van der Waals surface area contributed by atoms with Crippen molar-refractivity contribution in [2.75, 3.05) is 4.90 Å². The van der Waals surface area contributed by atoms with Gasteiger partial charge in [-0.25, -0.2) is 14.6 Å². The number of amides is 2. The number of hydrogen-bond acceptors (Lipinski definition) is 4. The number of aryl methyl sites for hydroxylation is 2. The quantitative estimate of drug-likeness (QED) is 0.421. The predicted octanol–water partition coefficient (Wildman–Crippen LogP) is 4.86. The maximum Gasteiger partial charge on any atom is 0.416 e. The van der Waals surface area contributed by atoms with Crippen molar-refractivity contribution in [1.82, 2.24) is 14.8 Å². The van der Waals surface area contributed by atoms with Crippen LogP contribution in [0, 0.1) is 13.8 Å². The van der Waals surface area contributed by atoms with Crippen LogP contribution < -0.4 is 4.90 Å². The SMILES string of the molecule is Cc1ccccc1-n1nc(C)c2c3c(cnc21)C(=O)N(c1cccc(C(F)(F)F)c1)C3=O. The van der Waals surface area contributed by atoms with Gasteiger partial charge in [-0.2, -0.15) is 18.3 Å². The van der Waals surface area contributed by atoms with Gasteiger partial charge >= 0.3 is 6.18 Å². The summed E-state index contributed by atoms with van der Waals surface area (Å²) < 4.78 is 41.1. The van der Waals surface area contributed by atoms with Gasteiger partial charge in [0.1, 0.15) is 0 Å². The highest BCUT2D eigenvalue weighted by Crippen LogP contribution is 2.37. The second kappa shape index (κ2) is 6.74. The van der Waals surface area contributed by atoms with E-state index < -0.39 is 23.6 Å². The first-order valence-corrected chi connectivity index (χ1v) is 9.69. The van der Waals surface area contributed by atoms with E-state index in [9.17, 15) is 22.8 Å². The van der Waals surface area contributed by atoms with Gasteiger partial charge in [-0.05, 0) is 43.7 Å². The molecule has 0 spiro atoms. The zero-order valence-electron chi connectivity index (χ0n) is 16.9. The number of carbonyl (C=O) groups is 2. The molecule has 1 aliphatic rings. The Labute approximate surface area is 179 Å². The van der Waals surface area contributed by atoms with Gasteiger partial charge in [-0.3, -0.25) is 9.59 Å². The molecule has 0 aliphatic carbocycles. The van der Waals surface area contributed by atoms with Crippen LogP contribution in [0.3, 0.4) is 0 Å². The van der Waals surface area contributed by atoms with Gasteiger partial charge in [0.05, 0.1) is 39.1 Å². The van der Waals surface area contributed by atoms with E-state index in [0.717, 1.165) is 34.3 Å². The number of imide groups is 1. The van der Waals surface area contributed by atoms with Gasteiger partial charge in [-0.15, -0.1) is 0 Å². The highest BCUT2D eigenvalue weighted by atomic mass is 19.4. The summed E-state index contributed by atoms with van der Waals surface area (Å²) in [5, 5.41) is 4.93. The van der Waals surface area contributed by atoms with E-state index in [1.165, 1.54) is 12.3 Å². The molecule has 32 heavy (non-hydrogen) atoms. The highest BCUT2D eigenvalue weighted by molar-refractivity contribution is 6.37. The molecule has 2 amide bonds. The Kier molecular flexibility index (Phi) is 4.20. The summed E-state index contributed by atoms with van der Waals surface area (Å²) in [4.78, 5) is 31.5. The smallest absolute Gasteiger partial charge is 0.268 e. The van der Waals surface area contributed by atoms with E-state index in [4.69, 9.17) is 0 Å². The number of rotatable bonds is 2. The fourth-order valence-corrected chi connectivity index (χ4v) is 3.99. The van der Waals surface area contributed by atoms with Crippen molar-refractivity contribution in [1.29, 1.82) is 0 Å². The summed E-state index contributed by atoms with van der Waals surface area (Å²) in [6.07, 6.45) is -3.32. The monoisotopic (exact) mass is 436 g/mol. The number of carbonyl (C=O) groups excluding carboxylic acids is 2. The van der Waals surface area contributed by atoms with Crippen molar-refractivity contribution in [3.05, 3.63) is 82.7 Å². The van der Waals surface area contributed by atoms with E-state index in [2.05, 4.69) is 10.1 Å². The molecule has 2 aromatic carbocycles. The van der Waals surface area contributed by atoms with Crippen LogP contribution in [0.5, 0.6) is 0 Å². The standard InChI is InChI=1S/C23H15F3N4O2/c1-12-6-3-4-9-17(12)30-20-18(13(2)28-30)19-16(11-27-20)21(31)29(22(19)32)15-8-5-7-14(10-15)23(24,25)26/h3-11H,1-2H3. The lowest BCUT2D eigenvalue weighted by molar-refractivity contribution is -0.137. The Bertz CT molecular complexity index is 1440. The van der Waals surface area contributed by atoms with Crippen molar-refractivity contribution >= 4 is 28.5 Å². The first kappa shape index (κ1) is 19.9. The van der Waals surface area contributed by atoms with Crippen LogP contribution in [0.15, 0.2) is 54.7 Å². The molecule has 0 saturated carbocycles. The zero-order chi connectivity index (χ0) is 22.8. The lowest BCUT2D eigenvalue weighted by Crippen LogP contribution is -2.29. The topological polar surface area (TPSA) is 68.1 Å². The Morgan fingerprint density at radius 3 is 2.41 bits per heavy atom. The zero-order valence-corrected chi connectivity index (χ0v) is 16.9. The first-order chi connectivity index (χ1) is 15.2. The molecule has 0 atom stereocenters. The molecule has 0 radical (unpaired) electrons. The molecule has 9 heteroatoms. The summed E-state index contributed by atoms with van der Waals surface area (Å²) in [6, 6.07) is 11.6. The molecular weight excluding hydrogens is 421 g/mol. The molecule has 5 rings (SSSR count). The number of pyridine rings is 1. The van der Waals surface area contributed by atoms with Crippen LogP contribution in [-0.2, 0) is 6.18 Å². The minimum atomic E-state index is -4.60. The average molecular weight is 436 g/mol. The van der Waals surface area contributed by atoms with Gasteiger partial charge in [0.25, 0.3) is 11.8 Å². The third kappa shape index (κ3) is 2.81. The predicted molar refractivity (Wildman–Crippen MR) is 111 cm³/mol. The summed E-state index contributed by atoms with van der Waals surface area (Å²) in [5.41, 5.74) is 1.61. The Hall–Kier alpha value is -4.01. The first-order valence-electron chi connectivity index (χ1n) is 9.69. The largest absolute Gasteiger partial charge is 0.416 e. The van der Waals surface area contributed by atoms with E-state index in [-0.39, 0.29) is 16.8 Å². The van der Waals surface area contributed by atoms with Gasteiger partial charge in [0.2, 0.25) is 0 Å². The third-order valence-electron chi connectivity index (χ3n) is 5.50. The fraction of sp³-hybridized carbons (Fsp3) is 0.130. The summed E-state index contributed by atoms with van der Waals surface area (Å²) >= 11 is 0. The number of aromatic nitrogens is 3. The van der Waals surface area contributed by atoms with Crippen LogP contribution in [0.2, 0.25) is 0 Å². The van der Waals surface area contributed by atoms with Crippen molar-refractivity contribution in [2.45, 2.75) is 20.0 Å². The molecule has 0 N–H and O–H groups in total. The molecule has 0 unspecified atom stereocenters. The number of para-hydroxylation sites is 1. The van der Waals surface area contributed by atoms with Crippen LogP contribution in [0.1, 0.15) is 37.5 Å². The third-order valence-corrected chi connectivity index (χ3v) is 5.50. The van der Waals surface area contributed by atoms with Crippen molar-refractivity contribution in [3.63, 3.8) is 0 Å². The Morgan fingerprint density at radius 1 is 0.938 bits per heavy atom. The normalized spacial score (nSPS) is 13.8. The minimum Gasteiger partial charge on any atom is -0.268 e. The van der Waals surface area contributed by atoms with E-state index in [1.807, 2.05) is 31.2 Å². The summed E-state index contributed by atoms with van der Waals surface area (Å²) in [7, 11) is 0. The highest BCUT2D eigenvalue weighted by Gasteiger charge is 2.41. The van der Waals surface area contributed by atoms with Gasteiger partial charge in [0.15, 0.2) is 5.65 Å². The average Bonchev–Trinajstić information content (AvgIpc) is 3.22. The summed E-state index contributed by atoms with van der Waals surface area (Å²) in [6.45, 7) is 3.61. The van der Waals surface area contributed by atoms with Crippen molar-refractivity contribution in [2.24, 2.45) is 0 Å². The molecular formula is C23H15F3N4O2. The van der Waals surface area contributed by atoms with Gasteiger partial charge < -0.3 is 0 Å². The molecule has 3 heterocycles. The number of benzene rings is 2. The lowest BCUT2D eigenvalue weighted by atomic mass is 10.1. The number of hydrogen-bond donors (Lipinski definition) is 0. The lowest BCUT2D eigenvalue weighted by Gasteiger charge is -2.16. The molecule has 0 saturated heterocycles. The molecule has 160 valence electrons. The maximum absolute atomic E-state index is 13.3. The van der Waals surface area contributed by atoms with Crippen LogP contribution in [-0.4, -0.2) is 26.6 Å². The minimum absolute atomic E-state index is 0.0346. The van der Waals surface area contributed by atoms with E-state index in [1.54, 1.807) is 11.6 Å². The fourth-order valence-electron chi connectivity index (χ4n) is 3.99. The van der Waals surface area contributed by atoms with Crippen LogP contribution >= 0.6 is 0 Å². The second-order valence-corrected chi connectivity index (χ2v) is 7.52. The van der Waals surface area contributed by atoms with Crippen LogP contribution in [0.4, 0.5) is 18.9 Å². The van der Waals surface area contributed by atoms with E-state index in [0.29, 0.717) is 16.7 Å². The number of fused-ring (bicyclic) bond motifs is 3. The second-order valence-electron chi connectivity index (χ2n) is 7.52. The molecule has 6 nitrogen and oxygen atoms in total. The van der Waals surface area contributed by atoms with Gasteiger partial charge in [0, 0.05) is 6.20 Å². The molecule has 0 fully saturated rings. The Balaban J connectivity index is 1.69. The molecule has 2 aromatic heterocycles. The number of anilines is 1. The molecule has 1 aliphatic heterocycles. The maximum atomic E-state index is 13.3. The van der Waals surface area contributed by atoms with Crippen LogP contribution in [0.25, 0.3) is 16.7 Å². The molecule has 0 bridgehead atoms. The summed E-state index contributed by atoms with van der Waals surface area (Å²) in [5.74, 6) is -1.43. The number of nitrogens with zero attached hydrogens (tertiary/aromatic N) is 4. The number of halogens is 3.